The van der Waals surface area contributed by atoms with Gasteiger partial charge in [0.25, 0.3) is 5.91 Å². The van der Waals surface area contributed by atoms with Crippen molar-refractivity contribution in [2.45, 2.75) is 30.7 Å². The minimum Gasteiger partial charge on any atom is -0.462 e. The second kappa shape index (κ2) is 10.7. The van der Waals surface area contributed by atoms with Gasteiger partial charge in [-0.1, -0.05) is 40.9 Å². The number of carbonyl (C=O) groups excluding carboxylic acids is 3. The van der Waals surface area contributed by atoms with Gasteiger partial charge < -0.3 is 20.1 Å². The lowest BCUT2D eigenvalue weighted by atomic mass is 10.1. The van der Waals surface area contributed by atoms with Gasteiger partial charge in [-0.05, 0) is 37.8 Å². The van der Waals surface area contributed by atoms with Crippen LogP contribution >= 0.6 is 57.5 Å². The molecular formula is C18H19Cl3N2O5S2. The second-order valence-electron chi connectivity index (χ2n) is 5.77. The Morgan fingerprint density at radius 3 is 2.30 bits per heavy atom. The highest BCUT2D eigenvalue weighted by molar-refractivity contribution is 7.18. The number of hydrogen-bond donors (Lipinski definition) is 2. The highest BCUT2D eigenvalue weighted by atomic mass is 35.6. The van der Waals surface area contributed by atoms with Crippen molar-refractivity contribution >= 4 is 80.3 Å². The van der Waals surface area contributed by atoms with Crippen LogP contribution in [0.2, 0.25) is 0 Å². The van der Waals surface area contributed by atoms with E-state index in [1.807, 2.05) is 0 Å². The summed E-state index contributed by atoms with van der Waals surface area (Å²) in [6.45, 7) is 5.22. The van der Waals surface area contributed by atoms with Crippen LogP contribution in [0.5, 0.6) is 0 Å². The molecule has 30 heavy (non-hydrogen) atoms. The molecule has 2 N–H and O–H groups in total. The molecule has 0 aromatic carbocycles. The number of hydrogen-bond acceptors (Lipinski definition) is 8. The molecule has 2 aromatic heterocycles. The van der Waals surface area contributed by atoms with E-state index in [4.69, 9.17) is 44.3 Å². The van der Waals surface area contributed by atoms with Gasteiger partial charge in [-0.25, -0.2) is 9.59 Å². The number of thiophene rings is 2. The van der Waals surface area contributed by atoms with Crippen LogP contribution < -0.4 is 10.6 Å². The summed E-state index contributed by atoms with van der Waals surface area (Å²) in [6, 6.07) is 3.33. The van der Waals surface area contributed by atoms with Gasteiger partial charge in [-0.15, -0.1) is 22.7 Å². The predicted molar refractivity (Wildman–Crippen MR) is 120 cm³/mol. The normalized spacial score (nSPS) is 12.2. The Balaban J connectivity index is 2.42. The van der Waals surface area contributed by atoms with Crippen molar-refractivity contribution in [2.75, 3.05) is 18.5 Å². The van der Waals surface area contributed by atoms with Gasteiger partial charge in [0.05, 0.1) is 23.7 Å². The van der Waals surface area contributed by atoms with E-state index < -0.39 is 27.8 Å². The van der Waals surface area contributed by atoms with Crippen LogP contribution in [-0.4, -0.2) is 41.0 Å². The molecule has 1 unspecified atom stereocenters. The zero-order valence-electron chi connectivity index (χ0n) is 16.2. The van der Waals surface area contributed by atoms with Crippen LogP contribution in [0, 0.1) is 6.92 Å². The average Bonchev–Trinajstić information content (AvgIpc) is 3.29. The minimum absolute atomic E-state index is 0.106. The topological polar surface area (TPSA) is 93.7 Å². The number of carbonyl (C=O) groups is 3. The molecule has 1 amide bonds. The first-order valence-electron chi connectivity index (χ1n) is 8.75. The number of rotatable bonds is 8. The summed E-state index contributed by atoms with van der Waals surface area (Å²) in [5.74, 6) is -1.71. The molecule has 0 spiro atoms. The third-order valence-corrected chi connectivity index (χ3v) is 6.44. The van der Waals surface area contributed by atoms with Crippen LogP contribution in [0.4, 0.5) is 5.00 Å². The minimum atomic E-state index is -1.97. The molecule has 12 heteroatoms. The first-order valence-corrected chi connectivity index (χ1v) is 11.6. The van der Waals surface area contributed by atoms with Crippen LogP contribution in [0.3, 0.4) is 0 Å². The van der Waals surface area contributed by atoms with Gasteiger partial charge in [0, 0.05) is 0 Å². The number of halogens is 3. The summed E-state index contributed by atoms with van der Waals surface area (Å²) >= 11 is 20.3. The number of alkyl halides is 3. The van der Waals surface area contributed by atoms with Crippen molar-refractivity contribution in [3.8, 4) is 0 Å². The van der Waals surface area contributed by atoms with Crippen molar-refractivity contribution in [2.24, 2.45) is 0 Å². The fourth-order valence-corrected chi connectivity index (χ4v) is 4.47. The van der Waals surface area contributed by atoms with Crippen LogP contribution in [-0.2, 0) is 9.47 Å². The summed E-state index contributed by atoms with van der Waals surface area (Å²) in [5, 5.41) is 7.40. The second-order valence-corrected chi connectivity index (χ2v) is 10.1. The molecule has 0 saturated carbocycles. The smallest absolute Gasteiger partial charge is 0.348 e. The highest BCUT2D eigenvalue weighted by Crippen LogP contribution is 2.38. The molecule has 164 valence electrons. The van der Waals surface area contributed by atoms with Crippen LogP contribution in [0.1, 0.15) is 49.1 Å². The van der Waals surface area contributed by atoms with E-state index in [0.29, 0.717) is 10.4 Å². The average molecular weight is 514 g/mol. The molecule has 0 aliphatic rings. The van der Waals surface area contributed by atoms with Gasteiger partial charge in [0.1, 0.15) is 16.0 Å². The lowest BCUT2D eigenvalue weighted by Crippen LogP contribution is -2.49. The third kappa shape index (κ3) is 6.01. The molecule has 2 heterocycles. The number of esters is 2. The summed E-state index contributed by atoms with van der Waals surface area (Å²) in [5.41, 5.74) is 0.474. The fraction of sp³-hybridized carbons (Fsp3) is 0.389. The highest BCUT2D eigenvalue weighted by Gasteiger charge is 2.37. The van der Waals surface area contributed by atoms with Crippen molar-refractivity contribution in [1.82, 2.24) is 5.32 Å². The molecule has 0 saturated heterocycles. The monoisotopic (exact) mass is 512 g/mol. The van der Waals surface area contributed by atoms with Crippen molar-refractivity contribution in [1.29, 1.82) is 0 Å². The predicted octanol–water partition coefficient (Wildman–Crippen LogP) is 5.01. The van der Waals surface area contributed by atoms with E-state index in [-0.39, 0.29) is 28.7 Å². The van der Waals surface area contributed by atoms with Crippen molar-refractivity contribution in [3.05, 3.63) is 38.4 Å². The quantitative estimate of drug-likeness (QED) is 0.293. The summed E-state index contributed by atoms with van der Waals surface area (Å²) in [6.07, 6.45) is -1.21. The summed E-state index contributed by atoms with van der Waals surface area (Å²) in [4.78, 5) is 37.9. The maximum atomic E-state index is 12.5. The van der Waals surface area contributed by atoms with Crippen LogP contribution in [0.15, 0.2) is 17.5 Å². The molecule has 7 nitrogen and oxygen atoms in total. The lowest BCUT2D eigenvalue weighted by molar-refractivity contribution is 0.0527. The molecular weight excluding hydrogens is 495 g/mol. The summed E-state index contributed by atoms with van der Waals surface area (Å²) < 4.78 is 8.18. The van der Waals surface area contributed by atoms with Crippen LogP contribution in [0.25, 0.3) is 0 Å². The van der Waals surface area contributed by atoms with E-state index in [1.54, 1.807) is 38.3 Å². The Morgan fingerprint density at radius 1 is 1.13 bits per heavy atom. The largest absolute Gasteiger partial charge is 0.462 e. The molecule has 0 aliphatic heterocycles. The number of nitrogens with one attached hydrogen (secondary N) is 2. The Hall–Kier alpha value is -1.52. The van der Waals surface area contributed by atoms with Crippen molar-refractivity contribution in [3.63, 3.8) is 0 Å². The first-order chi connectivity index (χ1) is 14.1. The molecule has 2 rings (SSSR count). The third-order valence-electron chi connectivity index (χ3n) is 3.71. The number of anilines is 1. The number of amides is 1. The molecule has 0 aliphatic carbocycles. The molecule has 0 fully saturated rings. The molecule has 0 bridgehead atoms. The van der Waals surface area contributed by atoms with Gasteiger partial charge in [0.2, 0.25) is 3.79 Å². The van der Waals surface area contributed by atoms with E-state index in [9.17, 15) is 14.4 Å². The maximum Gasteiger partial charge on any atom is 0.348 e. The Labute approximate surface area is 196 Å². The van der Waals surface area contributed by atoms with Gasteiger partial charge in [0.15, 0.2) is 0 Å². The standard InChI is InChI=1S/C18H19Cl3N2O5S2/c1-4-27-15(25)11-9(3)12(16(26)28-5-2)30-14(11)23-17(18(19,20)21)22-13(24)10-7-6-8-29-10/h6-8,17,23H,4-5H2,1-3H3,(H,22,24). The maximum absolute atomic E-state index is 12.5. The van der Waals surface area contributed by atoms with E-state index in [2.05, 4.69) is 10.6 Å². The Morgan fingerprint density at radius 2 is 1.77 bits per heavy atom. The first kappa shape index (κ1) is 24.7. The van der Waals surface area contributed by atoms with E-state index >= 15 is 0 Å². The van der Waals surface area contributed by atoms with Gasteiger partial charge in [-0.3, -0.25) is 4.79 Å². The SMILES string of the molecule is CCOC(=O)c1sc(NC(NC(=O)c2cccs2)C(Cl)(Cl)Cl)c(C(=O)OCC)c1C. The molecule has 1 atom stereocenters. The number of ether oxygens (including phenoxy) is 2. The zero-order chi connectivity index (χ0) is 22.5. The van der Waals surface area contributed by atoms with Gasteiger partial charge >= 0.3 is 11.9 Å². The lowest BCUT2D eigenvalue weighted by Gasteiger charge is -2.27. The van der Waals surface area contributed by atoms with E-state index in [0.717, 1.165) is 11.3 Å². The molecule has 2 aromatic rings. The zero-order valence-corrected chi connectivity index (χ0v) is 20.1. The van der Waals surface area contributed by atoms with Gasteiger partial charge in [-0.2, -0.15) is 0 Å². The van der Waals surface area contributed by atoms with Crippen molar-refractivity contribution < 1.29 is 23.9 Å². The summed E-state index contributed by atoms with van der Waals surface area (Å²) in [7, 11) is 0. The van der Waals surface area contributed by atoms with E-state index in [1.165, 1.54) is 11.3 Å². The molecule has 0 radical (unpaired) electrons. The Kier molecular flexibility index (Phi) is 8.81. The fourth-order valence-electron chi connectivity index (χ4n) is 2.40. The Bertz CT molecular complexity index is 910.